The van der Waals surface area contributed by atoms with Crippen LogP contribution in [0.2, 0.25) is 0 Å². The van der Waals surface area contributed by atoms with Crippen LogP contribution in [0.1, 0.15) is 5.82 Å². The van der Waals surface area contributed by atoms with E-state index in [1.54, 1.807) is 13.1 Å². The Kier molecular flexibility index (Phi) is 2.67. The topological polar surface area (TPSA) is 50.9 Å². The highest BCUT2D eigenvalue weighted by Gasteiger charge is 2.01. The lowest BCUT2D eigenvalue weighted by atomic mass is 10.6. The van der Waals surface area contributed by atoms with E-state index in [4.69, 9.17) is 5.11 Å². The molecule has 0 fully saturated rings. The van der Waals surface area contributed by atoms with Crippen LogP contribution in [-0.2, 0) is 7.05 Å². The minimum atomic E-state index is -0.0995. The lowest BCUT2D eigenvalue weighted by Crippen LogP contribution is -1.88. The molecule has 1 aromatic heterocycles. The Bertz CT molecular complexity index is 270. The summed E-state index contributed by atoms with van der Waals surface area (Å²) < 4.78 is 2.02. The second-order valence-electron chi connectivity index (χ2n) is 1.83. The van der Waals surface area contributed by atoms with Crippen molar-refractivity contribution in [3.8, 4) is 6.01 Å². The summed E-state index contributed by atoms with van der Waals surface area (Å²) in [5.41, 5.74) is 0. The Balaban J connectivity index is 2.98. The zero-order chi connectivity index (χ0) is 8.43. The number of hydrogen-bond donors (Lipinski definition) is 1. The van der Waals surface area contributed by atoms with Crippen LogP contribution in [0, 0.1) is 0 Å². The number of halogens is 2. The van der Waals surface area contributed by atoms with Crippen LogP contribution < -0.4 is 0 Å². The number of nitrogens with zero attached hydrogens (tertiary/aromatic N) is 3. The van der Waals surface area contributed by atoms with Crippen LogP contribution >= 0.6 is 31.9 Å². The predicted molar refractivity (Wildman–Crippen MR) is 48.5 cm³/mol. The van der Waals surface area contributed by atoms with Crippen molar-refractivity contribution in [1.29, 1.82) is 0 Å². The Morgan fingerprint density at radius 3 is 2.64 bits per heavy atom. The Labute approximate surface area is 80.2 Å². The molecule has 1 N–H and O–H groups in total. The fourth-order valence-electron chi connectivity index (χ4n) is 0.554. The molecule has 1 rings (SSSR count). The van der Waals surface area contributed by atoms with Gasteiger partial charge in [0.2, 0.25) is 0 Å². The molecule has 0 aliphatic heterocycles. The highest BCUT2D eigenvalue weighted by Crippen LogP contribution is 2.16. The number of rotatable bonds is 1. The van der Waals surface area contributed by atoms with E-state index in [1.165, 1.54) is 4.68 Å². The molecule has 0 amide bonds. The molecule has 0 aromatic carbocycles. The van der Waals surface area contributed by atoms with Crippen LogP contribution in [0.5, 0.6) is 6.01 Å². The first-order valence-corrected chi connectivity index (χ1v) is 4.31. The molecule has 0 radical (unpaired) electrons. The molecule has 4 nitrogen and oxygen atoms in total. The standard InChI is InChI=1S/C5H5Br2N3O/c1-10-5(11)8-4(9-10)2-3(6)7/h2H,1H3,(H,8,9,11). The average Bonchev–Trinajstić information content (AvgIpc) is 2.10. The molecule has 1 heterocycles. The lowest BCUT2D eigenvalue weighted by Gasteiger charge is -1.83. The summed E-state index contributed by atoms with van der Waals surface area (Å²) in [6.45, 7) is 0. The molecule has 0 saturated carbocycles. The van der Waals surface area contributed by atoms with E-state index in [2.05, 4.69) is 41.9 Å². The van der Waals surface area contributed by atoms with Gasteiger partial charge in [-0.3, -0.25) is 0 Å². The van der Waals surface area contributed by atoms with Gasteiger partial charge in [0.15, 0.2) is 5.82 Å². The summed E-state index contributed by atoms with van der Waals surface area (Å²) in [5, 5.41) is 12.9. The van der Waals surface area contributed by atoms with E-state index in [-0.39, 0.29) is 6.01 Å². The van der Waals surface area contributed by atoms with Gasteiger partial charge in [-0.15, -0.1) is 5.10 Å². The third-order valence-electron chi connectivity index (χ3n) is 0.995. The molecule has 0 unspecified atom stereocenters. The highest BCUT2D eigenvalue weighted by molar-refractivity contribution is 9.28. The first-order chi connectivity index (χ1) is 5.09. The zero-order valence-electron chi connectivity index (χ0n) is 5.62. The average molecular weight is 283 g/mol. The van der Waals surface area contributed by atoms with Gasteiger partial charge >= 0.3 is 6.01 Å². The van der Waals surface area contributed by atoms with Gasteiger partial charge < -0.3 is 5.11 Å². The van der Waals surface area contributed by atoms with Crippen molar-refractivity contribution in [2.24, 2.45) is 7.05 Å². The lowest BCUT2D eigenvalue weighted by molar-refractivity contribution is 0.402. The Morgan fingerprint density at radius 1 is 1.64 bits per heavy atom. The van der Waals surface area contributed by atoms with Gasteiger partial charge in [0, 0.05) is 13.1 Å². The molecule has 60 valence electrons. The Morgan fingerprint density at radius 2 is 2.27 bits per heavy atom. The number of aromatic hydroxyl groups is 1. The smallest absolute Gasteiger partial charge is 0.312 e. The second kappa shape index (κ2) is 3.36. The normalized spacial score (nSPS) is 9.73. The maximum Gasteiger partial charge on any atom is 0.312 e. The minimum absolute atomic E-state index is 0.0995. The molecule has 0 aliphatic carbocycles. The van der Waals surface area contributed by atoms with Gasteiger partial charge in [0.25, 0.3) is 0 Å². The largest absolute Gasteiger partial charge is 0.479 e. The van der Waals surface area contributed by atoms with Crippen molar-refractivity contribution in [2.45, 2.75) is 0 Å². The molecule has 11 heavy (non-hydrogen) atoms. The fraction of sp³-hybridized carbons (Fsp3) is 0.200. The first kappa shape index (κ1) is 8.73. The van der Waals surface area contributed by atoms with Gasteiger partial charge in [-0.2, -0.15) is 4.98 Å². The van der Waals surface area contributed by atoms with Crippen LogP contribution in [0.4, 0.5) is 0 Å². The summed E-state index contributed by atoms with van der Waals surface area (Å²) >= 11 is 6.30. The van der Waals surface area contributed by atoms with E-state index >= 15 is 0 Å². The van der Waals surface area contributed by atoms with Crippen molar-refractivity contribution in [3.05, 3.63) is 9.22 Å². The van der Waals surface area contributed by atoms with E-state index in [0.717, 1.165) is 3.39 Å². The van der Waals surface area contributed by atoms with Crippen LogP contribution in [0.25, 0.3) is 6.08 Å². The molecule has 0 aliphatic rings. The molecular formula is C5H5Br2N3O. The van der Waals surface area contributed by atoms with Crippen molar-refractivity contribution in [3.63, 3.8) is 0 Å². The van der Waals surface area contributed by atoms with Crippen LogP contribution in [0.3, 0.4) is 0 Å². The van der Waals surface area contributed by atoms with Crippen molar-refractivity contribution >= 4 is 37.9 Å². The van der Waals surface area contributed by atoms with Crippen molar-refractivity contribution < 1.29 is 5.11 Å². The van der Waals surface area contributed by atoms with Crippen molar-refractivity contribution in [1.82, 2.24) is 14.8 Å². The second-order valence-corrected chi connectivity index (χ2v) is 4.60. The molecule has 0 spiro atoms. The molecule has 0 atom stereocenters. The maximum absolute atomic E-state index is 8.98. The number of aryl methyl sites for hydroxylation is 1. The molecule has 1 aromatic rings. The van der Waals surface area contributed by atoms with E-state index in [0.29, 0.717) is 5.82 Å². The number of aromatic nitrogens is 3. The summed E-state index contributed by atoms with van der Waals surface area (Å²) in [6, 6.07) is -0.0995. The highest BCUT2D eigenvalue weighted by atomic mass is 79.9. The third kappa shape index (κ3) is 2.30. The molecular weight excluding hydrogens is 278 g/mol. The summed E-state index contributed by atoms with van der Waals surface area (Å²) in [4.78, 5) is 3.72. The first-order valence-electron chi connectivity index (χ1n) is 2.72. The van der Waals surface area contributed by atoms with Gasteiger partial charge in [0.1, 0.15) is 0 Å². The summed E-state index contributed by atoms with van der Waals surface area (Å²) in [6.07, 6.45) is 1.64. The summed E-state index contributed by atoms with van der Waals surface area (Å²) in [5.74, 6) is 0.453. The Hall–Kier alpha value is -0.360. The molecule has 0 saturated heterocycles. The molecule has 6 heteroatoms. The maximum atomic E-state index is 8.98. The number of hydrogen-bond acceptors (Lipinski definition) is 3. The summed E-state index contributed by atoms with van der Waals surface area (Å²) in [7, 11) is 1.61. The zero-order valence-corrected chi connectivity index (χ0v) is 8.79. The fourth-order valence-corrected chi connectivity index (χ4v) is 0.964. The van der Waals surface area contributed by atoms with E-state index in [1.807, 2.05) is 0 Å². The monoisotopic (exact) mass is 281 g/mol. The quantitative estimate of drug-likeness (QED) is 0.851. The third-order valence-corrected chi connectivity index (χ3v) is 1.45. The van der Waals surface area contributed by atoms with Crippen LogP contribution in [0.15, 0.2) is 3.39 Å². The van der Waals surface area contributed by atoms with Crippen LogP contribution in [-0.4, -0.2) is 19.9 Å². The van der Waals surface area contributed by atoms with Gasteiger partial charge in [0.05, 0.1) is 3.39 Å². The predicted octanol–water partition coefficient (Wildman–Crippen LogP) is 1.61. The van der Waals surface area contributed by atoms with Gasteiger partial charge in [-0.1, -0.05) is 0 Å². The van der Waals surface area contributed by atoms with Gasteiger partial charge in [-0.05, 0) is 31.9 Å². The van der Waals surface area contributed by atoms with E-state index in [9.17, 15) is 0 Å². The van der Waals surface area contributed by atoms with Gasteiger partial charge in [-0.25, -0.2) is 4.68 Å². The molecule has 0 bridgehead atoms. The van der Waals surface area contributed by atoms with Crippen molar-refractivity contribution in [2.75, 3.05) is 0 Å². The SMILES string of the molecule is Cn1nc(C=C(Br)Br)nc1O. The minimum Gasteiger partial charge on any atom is -0.479 e. The van der Waals surface area contributed by atoms with E-state index < -0.39 is 0 Å².